The van der Waals surface area contributed by atoms with E-state index in [1.54, 1.807) is 12.1 Å². The molecule has 0 fully saturated rings. The fraction of sp³-hybridized carbons (Fsp3) is 0.273. The molecule has 0 saturated carbocycles. The van der Waals surface area contributed by atoms with Crippen molar-refractivity contribution >= 4 is 23.1 Å². The van der Waals surface area contributed by atoms with Gasteiger partial charge in [0.1, 0.15) is 0 Å². The summed E-state index contributed by atoms with van der Waals surface area (Å²) in [6.45, 7) is 1.93. The highest BCUT2D eigenvalue weighted by Crippen LogP contribution is 2.00. The number of hydrogen-bond donors (Lipinski definition) is 2. The summed E-state index contributed by atoms with van der Waals surface area (Å²) >= 11 is 4.85. The number of carbonyl (C=O) groups is 1. The maximum absolute atomic E-state index is 11.7. The Balaban J connectivity index is 2.67. The third kappa shape index (κ3) is 3.32. The first kappa shape index (κ1) is 11.7. The second-order valence-electron chi connectivity index (χ2n) is 3.20. The van der Waals surface area contributed by atoms with Gasteiger partial charge in [0.25, 0.3) is 5.91 Å². The van der Waals surface area contributed by atoms with E-state index in [9.17, 15) is 4.79 Å². The molecule has 1 aromatic rings. The van der Waals surface area contributed by atoms with Crippen LogP contribution in [0.1, 0.15) is 23.7 Å². The van der Waals surface area contributed by atoms with Crippen molar-refractivity contribution in [1.82, 2.24) is 5.32 Å². The van der Waals surface area contributed by atoms with Crippen molar-refractivity contribution in [3.63, 3.8) is 0 Å². The summed E-state index contributed by atoms with van der Waals surface area (Å²) in [6.07, 6.45) is 0.702. The van der Waals surface area contributed by atoms with Gasteiger partial charge in [-0.1, -0.05) is 37.3 Å². The Hall–Kier alpha value is -1.42. The van der Waals surface area contributed by atoms with Crippen molar-refractivity contribution in [3.05, 3.63) is 35.9 Å². The molecule has 1 amide bonds. The highest BCUT2D eigenvalue weighted by atomic mass is 32.1. The van der Waals surface area contributed by atoms with Gasteiger partial charge >= 0.3 is 0 Å². The van der Waals surface area contributed by atoms with Gasteiger partial charge in [-0.15, -0.1) is 0 Å². The zero-order valence-corrected chi connectivity index (χ0v) is 9.38. The van der Waals surface area contributed by atoms with Crippen molar-refractivity contribution in [2.45, 2.75) is 19.4 Å². The standard InChI is InChI=1S/C11H14N2OS/c1-2-9(10(12)15)13-11(14)8-6-4-3-5-7-8/h3-7,9H,2H2,1H3,(H2,12,15)(H,13,14). The molecular formula is C11H14N2OS. The van der Waals surface area contributed by atoms with E-state index in [0.29, 0.717) is 17.0 Å². The molecule has 0 bridgehead atoms. The number of benzene rings is 1. The van der Waals surface area contributed by atoms with Crippen LogP contribution in [-0.4, -0.2) is 16.9 Å². The van der Waals surface area contributed by atoms with Crippen LogP contribution in [0.25, 0.3) is 0 Å². The lowest BCUT2D eigenvalue weighted by Gasteiger charge is -2.15. The molecule has 0 radical (unpaired) electrons. The number of nitrogens with one attached hydrogen (secondary N) is 1. The molecule has 3 N–H and O–H groups in total. The van der Waals surface area contributed by atoms with Crippen LogP contribution in [0.15, 0.2) is 30.3 Å². The highest BCUT2D eigenvalue weighted by molar-refractivity contribution is 7.80. The molecule has 1 unspecified atom stereocenters. The van der Waals surface area contributed by atoms with E-state index in [0.717, 1.165) is 0 Å². The van der Waals surface area contributed by atoms with E-state index >= 15 is 0 Å². The van der Waals surface area contributed by atoms with Gasteiger partial charge in [-0.25, -0.2) is 0 Å². The van der Waals surface area contributed by atoms with Gasteiger partial charge in [0, 0.05) is 5.56 Å². The van der Waals surface area contributed by atoms with E-state index in [2.05, 4.69) is 5.32 Å². The predicted molar refractivity (Wildman–Crippen MR) is 64.8 cm³/mol. The van der Waals surface area contributed by atoms with Gasteiger partial charge in [0.15, 0.2) is 0 Å². The SMILES string of the molecule is CCC(NC(=O)c1ccccc1)C(N)=S. The van der Waals surface area contributed by atoms with E-state index in [1.165, 1.54) is 0 Å². The van der Waals surface area contributed by atoms with E-state index in [-0.39, 0.29) is 11.9 Å². The molecule has 0 saturated heterocycles. The molecule has 0 aliphatic rings. The molecule has 1 rings (SSSR count). The molecule has 0 spiro atoms. The summed E-state index contributed by atoms with van der Waals surface area (Å²) in [5.74, 6) is -0.143. The lowest BCUT2D eigenvalue weighted by atomic mass is 10.1. The predicted octanol–water partition coefficient (Wildman–Crippen LogP) is 1.48. The van der Waals surface area contributed by atoms with Gasteiger partial charge in [-0.2, -0.15) is 0 Å². The zero-order valence-electron chi connectivity index (χ0n) is 8.57. The summed E-state index contributed by atoms with van der Waals surface area (Å²) in [6, 6.07) is 8.77. The Morgan fingerprint density at radius 3 is 2.53 bits per heavy atom. The average Bonchev–Trinajstić information content (AvgIpc) is 2.26. The molecule has 0 aromatic heterocycles. The monoisotopic (exact) mass is 222 g/mol. The molecule has 0 aliphatic heterocycles. The van der Waals surface area contributed by atoms with Gasteiger partial charge in [-0.05, 0) is 18.6 Å². The molecule has 1 aromatic carbocycles. The van der Waals surface area contributed by atoms with Crippen molar-refractivity contribution in [2.24, 2.45) is 5.73 Å². The van der Waals surface area contributed by atoms with Crippen LogP contribution in [0.5, 0.6) is 0 Å². The Kier molecular flexibility index (Phi) is 4.24. The van der Waals surface area contributed by atoms with Crippen molar-refractivity contribution in [1.29, 1.82) is 0 Å². The number of amides is 1. The molecule has 4 heteroatoms. The largest absolute Gasteiger partial charge is 0.392 e. The van der Waals surface area contributed by atoms with Crippen LogP contribution in [0, 0.1) is 0 Å². The minimum absolute atomic E-state index is 0.143. The van der Waals surface area contributed by atoms with E-state index in [1.807, 2.05) is 25.1 Å². The fourth-order valence-electron chi connectivity index (χ4n) is 1.21. The van der Waals surface area contributed by atoms with E-state index < -0.39 is 0 Å². The average molecular weight is 222 g/mol. The Morgan fingerprint density at radius 1 is 1.47 bits per heavy atom. The summed E-state index contributed by atoms with van der Waals surface area (Å²) in [5.41, 5.74) is 6.11. The topological polar surface area (TPSA) is 55.1 Å². The third-order valence-electron chi connectivity index (χ3n) is 2.09. The molecule has 1 atom stereocenters. The van der Waals surface area contributed by atoms with Crippen LogP contribution >= 0.6 is 12.2 Å². The Morgan fingerprint density at radius 2 is 2.07 bits per heavy atom. The lowest BCUT2D eigenvalue weighted by Crippen LogP contribution is -2.42. The summed E-state index contributed by atoms with van der Waals surface area (Å²) < 4.78 is 0. The number of nitrogens with two attached hydrogens (primary N) is 1. The van der Waals surface area contributed by atoms with Crippen LogP contribution in [-0.2, 0) is 0 Å². The quantitative estimate of drug-likeness (QED) is 0.759. The van der Waals surface area contributed by atoms with Crippen LogP contribution < -0.4 is 11.1 Å². The highest BCUT2D eigenvalue weighted by Gasteiger charge is 2.13. The van der Waals surface area contributed by atoms with Gasteiger partial charge in [0.05, 0.1) is 11.0 Å². The second-order valence-corrected chi connectivity index (χ2v) is 3.67. The van der Waals surface area contributed by atoms with Gasteiger partial charge < -0.3 is 11.1 Å². The summed E-state index contributed by atoms with van der Waals surface area (Å²) in [7, 11) is 0. The summed E-state index contributed by atoms with van der Waals surface area (Å²) in [5, 5.41) is 2.78. The van der Waals surface area contributed by atoms with Crippen molar-refractivity contribution in [3.8, 4) is 0 Å². The molecule has 80 valence electrons. The number of thiocarbonyl (C=S) groups is 1. The molecule has 0 aliphatic carbocycles. The molecule has 3 nitrogen and oxygen atoms in total. The second kappa shape index (κ2) is 5.46. The van der Waals surface area contributed by atoms with Crippen molar-refractivity contribution in [2.75, 3.05) is 0 Å². The maximum Gasteiger partial charge on any atom is 0.251 e. The molecular weight excluding hydrogens is 208 g/mol. The Labute approximate surface area is 94.7 Å². The summed E-state index contributed by atoms with van der Waals surface area (Å²) in [4.78, 5) is 12.0. The first-order chi connectivity index (χ1) is 7.15. The third-order valence-corrected chi connectivity index (χ3v) is 2.38. The normalized spacial score (nSPS) is 11.8. The number of hydrogen-bond acceptors (Lipinski definition) is 2. The van der Waals surface area contributed by atoms with Crippen LogP contribution in [0.2, 0.25) is 0 Å². The zero-order chi connectivity index (χ0) is 11.3. The van der Waals surface area contributed by atoms with Crippen molar-refractivity contribution < 1.29 is 4.79 Å². The van der Waals surface area contributed by atoms with Crippen LogP contribution in [0.4, 0.5) is 0 Å². The first-order valence-electron chi connectivity index (χ1n) is 4.80. The lowest BCUT2D eigenvalue weighted by molar-refractivity contribution is 0.0946. The van der Waals surface area contributed by atoms with Crippen LogP contribution in [0.3, 0.4) is 0 Å². The number of rotatable bonds is 4. The van der Waals surface area contributed by atoms with Gasteiger partial charge in [-0.3, -0.25) is 4.79 Å². The fourth-order valence-corrected chi connectivity index (χ4v) is 1.43. The minimum Gasteiger partial charge on any atom is -0.392 e. The van der Waals surface area contributed by atoms with E-state index in [4.69, 9.17) is 18.0 Å². The minimum atomic E-state index is -0.229. The first-order valence-corrected chi connectivity index (χ1v) is 5.21. The molecule has 15 heavy (non-hydrogen) atoms. The maximum atomic E-state index is 11.7. The number of carbonyl (C=O) groups excluding carboxylic acids is 1. The Bertz CT molecular complexity index is 351. The smallest absolute Gasteiger partial charge is 0.251 e. The van der Waals surface area contributed by atoms with Gasteiger partial charge in [0.2, 0.25) is 0 Å². The molecule has 0 heterocycles.